The number of amides is 1. The zero-order chi connectivity index (χ0) is 14.7. The minimum atomic E-state index is 0.253. The quantitative estimate of drug-likeness (QED) is 0.849. The van der Waals surface area contributed by atoms with Crippen LogP contribution in [-0.2, 0) is 11.2 Å². The summed E-state index contributed by atoms with van der Waals surface area (Å²) in [5.74, 6) is 0.796. The molecular weight excluding hydrogens is 250 g/mol. The summed E-state index contributed by atoms with van der Waals surface area (Å²) in [6, 6.07) is 8.26. The predicted octanol–water partition coefficient (Wildman–Crippen LogP) is 1.61. The lowest BCUT2D eigenvalue weighted by atomic mass is 10.1. The molecule has 2 N–H and O–H groups in total. The number of rotatable bonds is 4. The molecule has 2 atom stereocenters. The number of carbonyl (C=O) groups excluding carboxylic acids is 1. The summed E-state index contributed by atoms with van der Waals surface area (Å²) in [5.41, 5.74) is 7.65. The first kappa shape index (κ1) is 14.9. The van der Waals surface area contributed by atoms with E-state index in [0.717, 1.165) is 30.8 Å². The number of hydrogen-bond acceptors (Lipinski definition) is 3. The first-order valence-electron chi connectivity index (χ1n) is 7.26. The van der Waals surface area contributed by atoms with Crippen molar-refractivity contribution in [2.24, 2.45) is 5.92 Å². The highest BCUT2D eigenvalue weighted by Gasteiger charge is 2.33. The topological polar surface area (TPSA) is 49.6 Å². The molecule has 4 nitrogen and oxygen atoms in total. The van der Waals surface area contributed by atoms with E-state index in [2.05, 4.69) is 25.9 Å². The Balaban J connectivity index is 1.87. The Kier molecular flexibility index (Phi) is 4.65. The van der Waals surface area contributed by atoms with Crippen LogP contribution in [0.5, 0.6) is 0 Å². The largest absolute Gasteiger partial charge is 0.399 e. The van der Waals surface area contributed by atoms with E-state index < -0.39 is 0 Å². The molecular formula is C16H25N3O. The van der Waals surface area contributed by atoms with Crippen LogP contribution in [-0.4, -0.2) is 48.9 Å². The second-order valence-corrected chi connectivity index (χ2v) is 6.05. The lowest BCUT2D eigenvalue weighted by molar-refractivity contribution is -0.130. The molecule has 2 rings (SSSR count). The highest BCUT2D eigenvalue weighted by molar-refractivity contribution is 5.77. The molecule has 0 aliphatic carbocycles. The minimum Gasteiger partial charge on any atom is -0.399 e. The third-order valence-corrected chi connectivity index (χ3v) is 4.17. The van der Waals surface area contributed by atoms with Gasteiger partial charge in [-0.1, -0.05) is 19.1 Å². The van der Waals surface area contributed by atoms with Crippen molar-refractivity contribution in [3.05, 3.63) is 29.8 Å². The molecule has 1 aromatic carbocycles. The van der Waals surface area contributed by atoms with Crippen LogP contribution in [0.15, 0.2) is 24.3 Å². The molecule has 20 heavy (non-hydrogen) atoms. The van der Waals surface area contributed by atoms with Gasteiger partial charge in [-0.05, 0) is 44.1 Å². The Morgan fingerprint density at radius 3 is 2.75 bits per heavy atom. The summed E-state index contributed by atoms with van der Waals surface area (Å²) in [4.78, 5) is 16.5. The number of nitrogen functional groups attached to an aromatic ring is 1. The normalized spacial score (nSPS) is 22.5. The first-order chi connectivity index (χ1) is 9.47. The molecule has 1 fully saturated rings. The number of benzene rings is 1. The van der Waals surface area contributed by atoms with E-state index in [4.69, 9.17) is 5.73 Å². The average Bonchev–Trinajstić information content (AvgIpc) is 2.78. The van der Waals surface area contributed by atoms with Crippen LogP contribution in [0.25, 0.3) is 0 Å². The molecule has 0 bridgehead atoms. The van der Waals surface area contributed by atoms with Crippen molar-refractivity contribution in [1.82, 2.24) is 9.80 Å². The second-order valence-electron chi connectivity index (χ2n) is 6.05. The van der Waals surface area contributed by atoms with Gasteiger partial charge in [0.2, 0.25) is 5.91 Å². The number of carbonyl (C=O) groups is 1. The fourth-order valence-electron chi connectivity index (χ4n) is 2.98. The van der Waals surface area contributed by atoms with Crippen molar-refractivity contribution < 1.29 is 4.79 Å². The van der Waals surface area contributed by atoms with Gasteiger partial charge in [-0.3, -0.25) is 4.79 Å². The van der Waals surface area contributed by atoms with Crippen molar-refractivity contribution in [2.45, 2.75) is 25.8 Å². The monoisotopic (exact) mass is 275 g/mol. The summed E-state index contributed by atoms with van der Waals surface area (Å²) in [6.07, 6.45) is 1.33. The SMILES string of the molecule is CC1CN(C(=O)CCc2cccc(N)c2)CC1N(C)C. The molecule has 4 heteroatoms. The summed E-state index contributed by atoms with van der Waals surface area (Å²) < 4.78 is 0. The van der Waals surface area contributed by atoms with Crippen LogP contribution in [0.1, 0.15) is 18.9 Å². The summed E-state index contributed by atoms with van der Waals surface area (Å²) >= 11 is 0. The summed E-state index contributed by atoms with van der Waals surface area (Å²) in [6.45, 7) is 3.94. The lowest BCUT2D eigenvalue weighted by Gasteiger charge is -2.22. The van der Waals surface area contributed by atoms with Crippen molar-refractivity contribution in [1.29, 1.82) is 0 Å². The van der Waals surface area contributed by atoms with Crippen LogP contribution in [0.3, 0.4) is 0 Å². The fraction of sp³-hybridized carbons (Fsp3) is 0.562. The van der Waals surface area contributed by atoms with Gasteiger partial charge in [0, 0.05) is 31.2 Å². The van der Waals surface area contributed by atoms with Crippen LogP contribution >= 0.6 is 0 Å². The number of hydrogen-bond donors (Lipinski definition) is 1. The molecule has 110 valence electrons. The van der Waals surface area contributed by atoms with Gasteiger partial charge < -0.3 is 15.5 Å². The maximum Gasteiger partial charge on any atom is 0.222 e. The number of nitrogens with zero attached hydrogens (tertiary/aromatic N) is 2. The molecule has 0 aromatic heterocycles. The van der Waals surface area contributed by atoms with Gasteiger partial charge in [-0.2, -0.15) is 0 Å². The zero-order valence-corrected chi connectivity index (χ0v) is 12.7. The third kappa shape index (κ3) is 3.51. The Morgan fingerprint density at radius 1 is 1.40 bits per heavy atom. The number of likely N-dealkylation sites (tertiary alicyclic amines) is 1. The van der Waals surface area contributed by atoms with E-state index in [1.54, 1.807) is 0 Å². The van der Waals surface area contributed by atoms with E-state index in [9.17, 15) is 4.79 Å². The molecule has 1 aliphatic rings. The van der Waals surface area contributed by atoms with Crippen LogP contribution < -0.4 is 5.73 Å². The molecule has 1 aromatic rings. The minimum absolute atomic E-state index is 0.253. The molecule has 1 saturated heterocycles. The number of likely N-dealkylation sites (N-methyl/N-ethyl adjacent to an activating group) is 1. The second kappa shape index (κ2) is 6.27. The average molecular weight is 275 g/mol. The van der Waals surface area contributed by atoms with E-state index in [0.29, 0.717) is 18.4 Å². The highest BCUT2D eigenvalue weighted by Crippen LogP contribution is 2.21. The summed E-state index contributed by atoms with van der Waals surface area (Å²) in [5, 5.41) is 0. The zero-order valence-electron chi connectivity index (χ0n) is 12.7. The van der Waals surface area contributed by atoms with Gasteiger partial charge >= 0.3 is 0 Å². The molecule has 0 saturated carbocycles. The van der Waals surface area contributed by atoms with Crippen LogP contribution in [0.2, 0.25) is 0 Å². The third-order valence-electron chi connectivity index (χ3n) is 4.17. The smallest absolute Gasteiger partial charge is 0.222 e. The number of aryl methyl sites for hydroxylation is 1. The van der Waals surface area contributed by atoms with Crippen molar-refractivity contribution in [3.8, 4) is 0 Å². The summed E-state index contributed by atoms with van der Waals surface area (Å²) in [7, 11) is 4.17. The van der Waals surface area contributed by atoms with E-state index in [1.807, 2.05) is 29.2 Å². The molecule has 2 unspecified atom stereocenters. The highest BCUT2D eigenvalue weighted by atomic mass is 16.2. The standard InChI is InChI=1S/C16H25N3O/c1-12-10-19(11-15(12)18(2)3)16(20)8-7-13-5-4-6-14(17)9-13/h4-6,9,12,15H,7-8,10-11,17H2,1-3H3. The molecule has 1 amide bonds. The van der Waals surface area contributed by atoms with Crippen LogP contribution in [0, 0.1) is 5.92 Å². The maximum absolute atomic E-state index is 12.3. The fourth-order valence-corrected chi connectivity index (χ4v) is 2.98. The first-order valence-corrected chi connectivity index (χ1v) is 7.26. The Hall–Kier alpha value is -1.55. The number of anilines is 1. The van der Waals surface area contributed by atoms with E-state index >= 15 is 0 Å². The maximum atomic E-state index is 12.3. The van der Waals surface area contributed by atoms with E-state index in [1.165, 1.54) is 0 Å². The Bertz CT molecular complexity index is 473. The van der Waals surface area contributed by atoms with Gasteiger partial charge in [0.25, 0.3) is 0 Å². The Labute approximate surface area is 121 Å². The van der Waals surface area contributed by atoms with Crippen LogP contribution in [0.4, 0.5) is 5.69 Å². The van der Waals surface area contributed by atoms with Crippen molar-refractivity contribution >= 4 is 11.6 Å². The van der Waals surface area contributed by atoms with Gasteiger partial charge in [-0.25, -0.2) is 0 Å². The van der Waals surface area contributed by atoms with Gasteiger partial charge in [0.15, 0.2) is 0 Å². The van der Waals surface area contributed by atoms with Gasteiger partial charge in [0.05, 0.1) is 0 Å². The number of nitrogens with two attached hydrogens (primary N) is 1. The van der Waals surface area contributed by atoms with Crippen molar-refractivity contribution in [2.75, 3.05) is 32.9 Å². The Morgan fingerprint density at radius 2 is 2.15 bits per heavy atom. The molecule has 0 spiro atoms. The predicted molar refractivity (Wildman–Crippen MR) is 82.4 cm³/mol. The van der Waals surface area contributed by atoms with E-state index in [-0.39, 0.29) is 5.91 Å². The van der Waals surface area contributed by atoms with Crippen molar-refractivity contribution in [3.63, 3.8) is 0 Å². The molecule has 1 aliphatic heterocycles. The van der Waals surface area contributed by atoms with Gasteiger partial charge in [0.1, 0.15) is 0 Å². The lowest BCUT2D eigenvalue weighted by Crippen LogP contribution is -2.35. The molecule has 0 radical (unpaired) electrons. The molecule has 1 heterocycles. The van der Waals surface area contributed by atoms with Gasteiger partial charge in [-0.15, -0.1) is 0 Å².